The SMILES string of the molecule is CCCn1ccc(N)n1.O=C(O)c1c[nH]c2c1-c1ncncc1CCC2. The number of nitrogens with two attached hydrogens (primary N) is 1. The minimum Gasteiger partial charge on any atom is -0.478 e. The second kappa shape index (κ2) is 7.81. The molecular weight excluding hydrogens is 332 g/mol. The number of nitrogens with zero attached hydrogens (tertiary/aromatic N) is 4. The predicted octanol–water partition coefficient (Wildman–Crippen LogP) is 2.53. The van der Waals surface area contributed by atoms with Gasteiger partial charge in [-0.2, -0.15) is 5.10 Å². The zero-order valence-electron chi connectivity index (χ0n) is 14.6. The Bertz CT molecular complexity index is 899. The first kappa shape index (κ1) is 17.7. The number of carboxylic acid groups (broad SMARTS) is 1. The molecule has 0 atom stereocenters. The van der Waals surface area contributed by atoms with E-state index in [-0.39, 0.29) is 0 Å². The van der Waals surface area contributed by atoms with Gasteiger partial charge in [-0.3, -0.25) is 4.68 Å². The molecular formula is C18H22N6O2. The van der Waals surface area contributed by atoms with Crippen molar-refractivity contribution in [2.45, 2.75) is 39.2 Å². The number of aryl methyl sites for hydroxylation is 3. The van der Waals surface area contributed by atoms with Gasteiger partial charge in [-0.1, -0.05) is 6.92 Å². The molecule has 0 aromatic carbocycles. The third-order valence-corrected chi connectivity index (χ3v) is 4.20. The van der Waals surface area contributed by atoms with Gasteiger partial charge in [0.2, 0.25) is 0 Å². The summed E-state index contributed by atoms with van der Waals surface area (Å²) >= 11 is 0. The second-order valence-corrected chi connectivity index (χ2v) is 6.11. The average Bonchev–Trinajstić information content (AvgIpc) is 3.18. The van der Waals surface area contributed by atoms with Crippen molar-refractivity contribution in [3.8, 4) is 11.3 Å². The summed E-state index contributed by atoms with van der Waals surface area (Å²) < 4.78 is 1.84. The highest BCUT2D eigenvalue weighted by Gasteiger charge is 2.23. The molecule has 4 N–H and O–H groups in total. The van der Waals surface area contributed by atoms with Crippen molar-refractivity contribution in [3.05, 3.63) is 47.8 Å². The number of carbonyl (C=O) groups is 1. The lowest BCUT2D eigenvalue weighted by molar-refractivity contribution is 0.0698. The average molecular weight is 354 g/mol. The molecule has 4 rings (SSSR count). The predicted molar refractivity (Wildman–Crippen MR) is 97.7 cm³/mol. The van der Waals surface area contributed by atoms with Crippen LogP contribution >= 0.6 is 0 Å². The minimum atomic E-state index is -0.922. The number of aromatic amines is 1. The van der Waals surface area contributed by atoms with Crippen LogP contribution in [0, 0.1) is 0 Å². The fraction of sp³-hybridized carbons (Fsp3) is 0.333. The van der Waals surface area contributed by atoms with Gasteiger partial charge in [0.05, 0.1) is 11.3 Å². The number of nitrogen functional groups attached to an aromatic ring is 1. The maximum atomic E-state index is 11.2. The molecule has 3 heterocycles. The second-order valence-electron chi connectivity index (χ2n) is 6.11. The van der Waals surface area contributed by atoms with E-state index in [2.05, 4.69) is 27.0 Å². The van der Waals surface area contributed by atoms with Crippen LogP contribution in [0.15, 0.2) is 31.0 Å². The molecule has 8 nitrogen and oxygen atoms in total. The maximum Gasteiger partial charge on any atom is 0.337 e. The molecule has 3 aromatic heterocycles. The van der Waals surface area contributed by atoms with Crippen molar-refractivity contribution in [1.29, 1.82) is 0 Å². The van der Waals surface area contributed by atoms with Crippen LogP contribution in [0.25, 0.3) is 11.3 Å². The first-order chi connectivity index (χ1) is 12.6. The zero-order valence-corrected chi connectivity index (χ0v) is 14.6. The van der Waals surface area contributed by atoms with E-state index in [9.17, 15) is 9.90 Å². The van der Waals surface area contributed by atoms with E-state index in [0.29, 0.717) is 11.4 Å². The molecule has 3 aromatic rings. The Balaban J connectivity index is 0.000000185. The number of rotatable bonds is 3. The smallest absolute Gasteiger partial charge is 0.337 e. The topological polar surface area (TPSA) is 123 Å². The summed E-state index contributed by atoms with van der Waals surface area (Å²) in [5.74, 6) is -0.322. The first-order valence-corrected chi connectivity index (χ1v) is 8.61. The van der Waals surface area contributed by atoms with Crippen LogP contribution in [0.3, 0.4) is 0 Å². The zero-order chi connectivity index (χ0) is 18.5. The van der Waals surface area contributed by atoms with Gasteiger partial charge in [-0.25, -0.2) is 14.8 Å². The van der Waals surface area contributed by atoms with E-state index >= 15 is 0 Å². The number of fused-ring (bicyclic) bond motifs is 3. The van der Waals surface area contributed by atoms with Gasteiger partial charge in [-0.15, -0.1) is 0 Å². The van der Waals surface area contributed by atoms with Crippen LogP contribution in [0.1, 0.15) is 41.4 Å². The van der Waals surface area contributed by atoms with Gasteiger partial charge in [0.25, 0.3) is 0 Å². The van der Waals surface area contributed by atoms with Crippen LogP contribution in [0.5, 0.6) is 0 Å². The van der Waals surface area contributed by atoms with Gasteiger partial charge in [0.1, 0.15) is 12.1 Å². The Labute approximate surface area is 151 Å². The summed E-state index contributed by atoms with van der Waals surface area (Å²) in [4.78, 5) is 22.5. The third kappa shape index (κ3) is 3.74. The molecule has 0 bridgehead atoms. The van der Waals surface area contributed by atoms with Gasteiger partial charge in [0.15, 0.2) is 0 Å². The number of carboxylic acids is 1. The van der Waals surface area contributed by atoms with Crippen molar-refractivity contribution in [2.24, 2.45) is 0 Å². The molecule has 1 aliphatic carbocycles. The first-order valence-electron chi connectivity index (χ1n) is 8.61. The Morgan fingerprint density at radius 3 is 2.96 bits per heavy atom. The molecule has 0 spiro atoms. The van der Waals surface area contributed by atoms with Crippen LogP contribution in [0.2, 0.25) is 0 Å². The Hall–Kier alpha value is -3.16. The summed E-state index contributed by atoms with van der Waals surface area (Å²) in [7, 11) is 0. The molecule has 0 aliphatic heterocycles. The van der Waals surface area contributed by atoms with Crippen molar-refractivity contribution >= 4 is 11.8 Å². The largest absolute Gasteiger partial charge is 0.478 e. The number of hydrogen-bond donors (Lipinski definition) is 3. The summed E-state index contributed by atoms with van der Waals surface area (Å²) in [5.41, 5.74) is 9.13. The number of hydrogen-bond acceptors (Lipinski definition) is 5. The molecule has 136 valence electrons. The summed E-state index contributed by atoms with van der Waals surface area (Å²) in [6.07, 6.45) is 10.5. The minimum absolute atomic E-state index is 0.293. The molecule has 0 unspecified atom stereocenters. The summed E-state index contributed by atoms with van der Waals surface area (Å²) in [6, 6.07) is 1.80. The number of anilines is 1. The van der Waals surface area contributed by atoms with Crippen LogP contribution in [0.4, 0.5) is 5.82 Å². The normalized spacial score (nSPS) is 12.3. The highest BCUT2D eigenvalue weighted by atomic mass is 16.4. The molecule has 1 aliphatic rings. The monoisotopic (exact) mass is 354 g/mol. The lowest BCUT2D eigenvalue weighted by atomic mass is 10.0. The molecule has 0 saturated carbocycles. The van der Waals surface area contributed by atoms with Crippen molar-refractivity contribution in [1.82, 2.24) is 24.7 Å². The Kier molecular flexibility index (Phi) is 5.31. The van der Waals surface area contributed by atoms with Gasteiger partial charge in [-0.05, 0) is 37.3 Å². The molecule has 0 saturated heterocycles. The van der Waals surface area contributed by atoms with E-state index in [1.54, 1.807) is 18.5 Å². The number of aromatic carboxylic acids is 1. The van der Waals surface area contributed by atoms with Crippen LogP contribution in [-0.2, 0) is 19.4 Å². The fourth-order valence-electron chi connectivity index (χ4n) is 3.06. The highest BCUT2D eigenvalue weighted by Crippen LogP contribution is 2.32. The van der Waals surface area contributed by atoms with E-state index in [1.165, 1.54) is 6.33 Å². The van der Waals surface area contributed by atoms with Crippen molar-refractivity contribution in [2.75, 3.05) is 5.73 Å². The molecule has 0 fully saturated rings. The highest BCUT2D eigenvalue weighted by molar-refractivity contribution is 5.96. The van der Waals surface area contributed by atoms with Gasteiger partial charge < -0.3 is 15.8 Å². The molecule has 0 radical (unpaired) electrons. The third-order valence-electron chi connectivity index (χ3n) is 4.20. The quantitative estimate of drug-likeness (QED) is 0.664. The Morgan fingerprint density at radius 2 is 2.27 bits per heavy atom. The standard InChI is InChI=1S/C12H11N3O2.C6H11N3/c16-12(17)8-5-14-9-3-1-2-7-4-13-6-15-11(7)10(8)9;1-2-4-9-5-3-6(7)8-9/h4-6,14H,1-3H2,(H,16,17);3,5H,2,4H2,1H3,(H2,7,8). The van der Waals surface area contributed by atoms with Crippen LogP contribution < -0.4 is 5.73 Å². The van der Waals surface area contributed by atoms with E-state index in [4.69, 9.17) is 5.73 Å². The van der Waals surface area contributed by atoms with Crippen LogP contribution in [-0.4, -0.2) is 35.8 Å². The molecule has 8 heteroatoms. The summed E-state index contributed by atoms with van der Waals surface area (Å²) in [6.45, 7) is 3.06. The lowest BCUT2D eigenvalue weighted by Gasteiger charge is -2.04. The summed E-state index contributed by atoms with van der Waals surface area (Å²) in [5, 5.41) is 13.2. The van der Waals surface area contributed by atoms with E-state index in [0.717, 1.165) is 54.7 Å². The Morgan fingerprint density at radius 1 is 1.42 bits per heavy atom. The lowest BCUT2D eigenvalue weighted by Crippen LogP contribution is -1.99. The van der Waals surface area contributed by atoms with Gasteiger partial charge in [0, 0.05) is 36.4 Å². The number of H-pyrrole nitrogens is 1. The van der Waals surface area contributed by atoms with E-state index < -0.39 is 5.97 Å². The molecule has 26 heavy (non-hydrogen) atoms. The van der Waals surface area contributed by atoms with Gasteiger partial charge >= 0.3 is 5.97 Å². The number of nitrogens with one attached hydrogen (secondary N) is 1. The van der Waals surface area contributed by atoms with Crippen molar-refractivity contribution in [3.63, 3.8) is 0 Å². The van der Waals surface area contributed by atoms with Crippen molar-refractivity contribution < 1.29 is 9.90 Å². The fourth-order valence-corrected chi connectivity index (χ4v) is 3.06. The number of aromatic nitrogens is 5. The van der Waals surface area contributed by atoms with E-state index in [1.807, 2.05) is 10.9 Å². The molecule has 0 amide bonds. The maximum absolute atomic E-state index is 11.2.